The summed E-state index contributed by atoms with van der Waals surface area (Å²) in [5.74, 6) is 2.64. The lowest BCUT2D eigenvalue weighted by Crippen LogP contribution is -2.23. The molecule has 2 N–H and O–H groups in total. The van der Waals surface area contributed by atoms with Crippen molar-refractivity contribution in [2.45, 2.75) is 31.8 Å². The highest BCUT2D eigenvalue weighted by Crippen LogP contribution is 2.50. The van der Waals surface area contributed by atoms with Crippen molar-refractivity contribution in [2.24, 2.45) is 11.8 Å². The normalized spacial score (nSPS) is 33.2. The molecule has 2 saturated carbocycles. The van der Waals surface area contributed by atoms with Crippen LogP contribution >= 0.6 is 0 Å². The number of hydrogen-bond acceptors (Lipinski definition) is 2. The van der Waals surface area contributed by atoms with Gasteiger partial charge in [-0.25, -0.2) is 0 Å². The highest BCUT2D eigenvalue weighted by Gasteiger charge is 2.46. The Balaban J connectivity index is 1.72. The van der Waals surface area contributed by atoms with Crippen LogP contribution in [-0.2, 0) is 0 Å². The van der Waals surface area contributed by atoms with Crippen molar-refractivity contribution in [1.29, 1.82) is 0 Å². The summed E-state index contributed by atoms with van der Waals surface area (Å²) in [6, 6.07) is 7.81. The number of para-hydroxylation sites is 2. The van der Waals surface area contributed by atoms with E-state index in [2.05, 4.69) is 0 Å². The molecule has 2 fully saturated rings. The average molecular weight is 203 g/mol. The van der Waals surface area contributed by atoms with Crippen LogP contribution < -0.4 is 10.5 Å². The molecule has 0 aromatic heterocycles. The quantitative estimate of drug-likeness (QED) is 0.750. The zero-order chi connectivity index (χ0) is 10.3. The molecule has 0 amide bonds. The van der Waals surface area contributed by atoms with Gasteiger partial charge in [-0.3, -0.25) is 0 Å². The number of anilines is 1. The van der Waals surface area contributed by atoms with E-state index < -0.39 is 0 Å². The van der Waals surface area contributed by atoms with Crippen LogP contribution in [-0.4, -0.2) is 6.10 Å². The highest BCUT2D eigenvalue weighted by molar-refractivity contribution is 5.51. The van der Waals surface area contributed by atoms with E-state index in [1.165, 1.54) is 25.7 Å². The molecule has 2 heteroatoms. The summed E-state index contributed by atoms with van der Waals surface area (Å²) >= 11 is 0. The molecule has 80 valence electrons. The molecule has 0 bridgehead atoms. The monoisotopic (exact) mass is 203 g/mol. The third kappa shape index (κ3) is 1.69. The van der Waals surface area contributed by atoms with Crippen LogP contribution in [0.5, 0.6) is 5.75 Å². The Hall–Kier alpha value is -1.18. The Morgan fingerprint density at radius 3 is 2.93 bits per heavy atom. The van der Waals surface area contributed by atoms with Crippen LogP contribution in [0.15, 0.2) is 24.3 Å². The zero-order valence-electron chi connectivity index (χ0n) is 8.86. The summed E-state index contributed by atoms with van der Waals surface area (Å²) in [6.45, 7) is 0. The van der Waals surface area contributed by atoms with Crippen molar-refractivity contribution in [2.75, 3.05) is 5.73 Å². The lowest BCUT2D eigenvalue weighted by molar-refractivity contribution is 0.141. The zero-order valence-corrected chi connectivity index (χ0v) is 8.86. The van der Waals surface area contributed by atoms with Gasteiger partial charge in [0.2, 0.25) is 0 Å². The molecule has 2 aliphatic carbocycles. The van der Waals surface area contributed by atoms with Crippen molar-refractivity contribution < 1.29 is 4.74 Å². The maximum absolute atomic E-state index is 6.02. The topological polar surface area (TPSA) is 35.2 Å². The van der Waals surface area contributed by atoms with Gasteiger partial charge in [-0.15, -0.1) is 0 Å². The van der Waals surface area contributed by atoms with Crippen molar-refractivity contribution in [3.63, 3.8) is 0 Å². The van der Waals surface area contributed by atoms with Crippen LogP contribution in [0.4, 0.5) is 5.69 Å². The van der Waals surface area contributed by atoms with Gasteiger partial charge in [0.25, 0.3) is 0 Å². The SMILES string of the molecule is Nc1ccccc1OC1CCCC2CC21. The maximum atomic E-state index is 6.02. The maximum Gasteiger partial charge on any atom is 0.142 e. The molecule has 0 heterocycles. The summed E-state index contributed by atoms with van der Waals surface area (Å²) in [5.41, 5.74) is 6.64. The second-order valence-electron chi connectivity index (χ2n) is 4.78. The molecule has 2 aliphatic rings. The average Bonchev–Trinajstić information content (AvgIpc) is 3.01. The van der Waals surface area contributed by atoms with E-state index in [0.717, 1.165) is 23.3 Å². The van der Waals surface area contributed by atoms with Crippen molar-refractivity contribution in [3.8, 4) is 5.75 Å². The third-order valence-electron chi connectivity index (χ3n) is 3.72. The Labute approximate surface area is 90.4 Å². The number of rotatable bonds is 2. The summed E-state index contributed by atoms with van der Waals surface area (Å²) in [4.78, 5) is 0. The van der Waals surface area contributed by atoms with Gasteiger partial charge in [0.1, 0.15) is 11.9 Å². The van der Waals surface area contributed by atoms with Gasteiger partial charge in [-0.2, -0.15) is 0 Å². The van der Waals surface area contributed by atoms with E-state index in [0.29, 0.717) is 6.10 Å². The summed E-state index contributed by atoms with van der Waals surface area (Å²) in [6.07, 6.45) is 5.73. The van der Waals surface area contributed by atoms with Crippen LogP contribution in [0.2, 0.25) is 0 Å². The van der Waals surface area contributed by atoms with E-state index in [9.17, 15) is 0 Å². The molecule has 0 radical (unpaired) electrons. The van der Waals surface area contributed by atoms with Gasteiger partial charge in [0.05, 0.1) is 5.69 Å². The summed E-state index contributed by atoms with van der Waals surface area (Å²) < 4.78 is 6.02. The van der Waals surface area contributed by atoms with Crippen LogP contribution in [0.25, 0.3) is 0 Å². The molecule has 0 spiro atoms. The van der Waals surface area contributed by atoms with Gasteiger partial charge >= 0.3 is 0 Å². The minimum absolute atomic E-state index is 0.424. The van der Waals surface area contributed by atoms with Crippen molar-refractivity contribution in [1.82, 2.24) is 0 Å². The second-order valence-corrected chi connectivity index (χ2v) is 4.78. The van der Waals surface area contributed by atoms with Gasteiger partial charge in [0.15, 0.2) is 0 Å². The summed E-state index contributed by atoms with van der Waals surface area (Å²) in [5, 5.41) is 0. The smallest absolute Gasteiger partial charge is 0.142 e. The Morgan fingerprint density at radius 1 is 1.20 bits per heavy atom. The fourth-order valence-electron chi connectivity index (χ4n) is 2.75. The number of nitrogen functional groups attached to an aromatic ring is 1. The van der Waals surface area contributed by atoms with Gasteiger partial charge < -0.3 is 10.5 Å². The predicted molar refractivity (Wildman–Crippen MR) is 60.7 cm³/mol. The lowest BCUT2D eigenvalue weighted by atomic mass is 9.98. The number of fused-ring (bicyclic) bond motifs is 1. The molecule has 1 aromatic rings. The van der Waals surface area contributed by atoms with E-state index in [4.69, 9.17) is 10.5 Å². The predicted octanol–water partition coefficient (Wildman–Crippen LogP) is 2.84. The van der Waals surface area contributed by atoms with Crippen molar-refractivity contribution >= 4 is 5.69 Å². The van der Waals surface area contributed by atoms with E-state index >= 15 is 0 Å². The molecule has 3 atom stereocenters. The Morgan fingerprint density at radius 2 is 2.07 bits per heavy atom. The molecule has 15 heavy (non-hydrogen) atoms. The molecular weight excluding hydrogens is 186 g/mol. The summed E-state index contributed by atoms with van der Waals surface area (Å²) in [7, 11) is 0. The highest BCUT2D eigenvalue weighted by atomic mass is 16.5. The molecule has 0 saturated heterocycles. The van der Waals surface area contributed by atoms with Gasteiger partial charge in [0, 0.05) is 0 Å². The second kappa shape index (κ2) is 3.44. The van der Waals surface area contributed by atoms with Gasteiger partial charge in [-0.1, -0.05) is 12.1 Å². The molecule has 0 aliphatic heterocycles. The lowest BCUT2D eigenvalue weighted by Gasteiger charge is -2.23. The minimum atomic E-state index is 0.424. The first-order valence-corrected chi connectivity index (χ1v) is 5.86. The Kier molecular flexibility index (Phi) is 2.08. The molecule has 1 aromatic carbocycles. The number of benzene rings is 1. The standard InChI is InChI=1S/C13H17NO/c14-11-5-1-2-6-13(11)15-12-7-3-4-9-8-10(9)12/h1-2,5-6,9-10,12H,3-4,7-8,14H2. The van der Waals surface area contributed by atoms with Crippen molar-refractivity contribution in [3.05, 3.63) is 24.3 Å². The first-order valence-electron chi connectivity index (χ1n) is 5.86. The molecule has 2 nitrogen and oxygen atoms in total. The minimum Gasteiger partial charge on any atom is -0.488 e. The third-order valence-corrected chi connectivity index (χ3v) is 3.72. The number of hydrogen-bond donors (Lipinski definition) is 1. The van der Waals surface area contributed by atoms with E-state index in [1.54, 1.807) is 0 Å². The van der Waals surface area contributed by atoms with E-state index in [-0.39, 0.29) is 0 Å². The van der Waals surface area contributed by atoms with Crippen LogP contribution in [0.1, 0.15) is 25.7 Å². The van der Waals surface area contributed by atoms with Crippen LogP contribution in [0.3, 0.4) is 0 Å². The van der Waals surface area contributed by atoms with Gasteiger partial charge in [-0.05, 0) is 49.7 Å². The molecular formula is C13H17NO. The Bertz CT molecular complexity index is 363. The largest absolute Gasteiger partial charge is 0.488 e. The first-order chi connectivity index (χ1) is 7.34. The molecule has 3 rings (SSSR count). The van der Waals surface area contributed by atoms with E-state index in [1.807, 2.05) is 24.3 Å². The molecule has 3 unspecified atom stereocenters. The number of ether oxygens (including phenoxy) is 1. The first kappa shape index (κ1) is 9.08. The fraction of sp³-hybridized carbons (Fsp3) is 0.538. The van der Waals surface area contributed by atoms with Crippen LogP contribution in [0, 0.1) is 11.8 Å². The fourth-order valence-corrected chi connectivity index (χ4v) is 2.75. The number of nitrogens with two attached hydrogens (primary N) is 1.